The molecule has 0 fully saturated rings. The van der Waals surface area contributed by atoms with E-state index in [1.54, 1.807) is 26.0 Å². The van der Waals surface area contributed by atoms with Gasteiger partial charge in [-0.05, 0) is 60.4 Å². The van der Waals surface area contributed by atoms with Crippen molar-refractivity contribution in [2.24, 2.45) is 0 Å². The number of hydrogen-bond acceptors (Lipinski definition) is 9. The molecule has 3 rings (SSSR count). The van der Waals surface area contributed by atoms with Gasteiger partial charge in [0.25, 0.3) is 0 Å². The Hall–Kier alpha value is -2.62. The van der Waals surface area contributed by atoms with Gasteiger partial charge in [0.05, 0.1) is 25.5 Å². The Bertz CT molecular complexity index is 986. The Balaban J connectivity index is 0.000000232. The molecule has 1 aromatic heterocycles. The fraction of sp³-hybridized carbons (Fsp3) is 0.190. The largest absolute Gasteiger partial charge is 0.497 e. The van der Waals surface area contributed by atoms with E-state index in [1.165, 1.54) is 18.4 Å². The standard InChI is InChI=1S/C12H12N2O3S.C9H10OS2/c1-16-8-5-3-7(4-6-8)11-14-10(13)9(18-11)12(15)17-2;1-10-8-5-3-7(4-6-8)9(11)12-2/h3-6H,13H2,1-2H3;3-6H,1-2H3. The van der Waals surface area contributed by atoms with Crippen LogP contribution in [0.15, 0.2) is 48.5 Å². The summed E-state index contributed by atoms with van der Waals surface area (Å²) in [6.45, 7) is 0. The molecule has 158 valence electrons. The summed E-state index contributed by atoms with van der Waals surface area (Å²) in [5.41, 5.74) is 7.64. The molecular formula is C21H22N2O4S3. The average molecular weight is 463 g/mol. The third-order valence-electron chi connectivity index (χ3n) is 3.87. The molecule has 3 aromatic rings. The highest BCUT2D eigenvalue weighted by atomic mass is 32.2. The molecule has 9 heteroatoms. The monoisotopic (exact) mass is 462 g/mol. The summed E-state index contributed by atoms with van der Waals surface area (Å²) in [5.74, 6) is 1.35. The number of methoxy groups -OCH3 is 3. The number of rotatable bonds is 5. The quantitative estimate of drug-likeness (QED) is 0.422. The van der Waals surface area contributed by atoms with Crippen LogP contribution < -0.4 is 15.2 Å². The number of anilines is 1. The highest BCUT2D eigenvalue weighted by Gasteiger charge is 2.17. The second-order valence-electron chi connectivity index (χ2n) is 5.67. The lowest BCUT2D eigenvalue weighted by Gasteiger charge is -2.01. The van der Waals surface area contributed by atoms with Gasteiger partial charge in [0, 0.05) is 5.56 Å². The molecule has 0 radical (unpaired) electrons. The molecule has 0 spiro atoms. The molecule has 0 saturated carbocycles. The van der Waals surface area contributed by atoms with Crippen LogP contribution in [-0.2, 0) is 4.74 Å². The fourth-order valence-electron chi connectivity index (χ4n) is 2.27. The van der Waals surface area contributed by atoms with Gasteiger partial charge in [-0.2, -0.15) is 0 Å². The van der Waals surface area contributed by atoms with Gasteiger partial charge in [0.1, 0.15) is 22.3 Å². The van der Waals surface area contributed by atoms with E-state index in [1.807, 2.05) is 54.8 Å². The molecule has 1 heterocycles. The van der Waals surface area contributed by atoms with Crippen molar-refractivity contribution in [2.45, 2.75) is 0 Å². The number of carbonyl (C=O) groups excluding carboxylic acids is 1. The van der Waals surface area contributed by atoms with E-state index in [9.17, 15) is 4.79 Å². The average Bonchev–Trinajstić information content (AvgIpc) is 3.20. The summed E-state index contributed by atoms with van der Waals surface area (Å²) in [7, 11) is 4.57. The Morgan fingerprint density at radius 2 is 1.53 bits per heavy atom. The minimum absolute atomic E-state index is 0.192. The summed E-state index contributed by atoms with van der Waals surface area (Å²) in [4.78, 5) is 15.9. The maximum atomic E-state index is 11.4. The topological polar surface area (TPSA) is 83.7 Å². The SMILES string of the molecule is COC(=O)c1sc(-c2ccc(OC)cc2)nc1N.COc1ccc(C(=S)SC)cc1. The molecule has 0 aliphatic rings. The molecule has 0 amide bonds. The van der Waals surface area contributed by atoms with Crippen LogP contribution in [0.1, 0.15) is 15.2 Å². The number of nitrogens with zero attached hydrogens (tertiary/aromatic N) is 1. The minimum Gasteiger partial charge on any atom is -0.497 e. The molecule has 0 saturated heterocycles. The number of ether oxygens (including phenoxy) is 3. The van der Waals surface area contributed by atoms with E-state index in [2.05, 4.69) is 9.72 Å². The van der Waals surface area contributed by atoms with Crippen molar-refractivity contribution in [2.75, 3.05) is 33.3 Å². The molecule has 2 aromatic carbocycles. The molecule has 2 N–H and O–H groups in total. The van der Waals surface area contributed by atoms with E-state index in [-0.39, 0.29) is 5.82 Å². The number of aromatic nitrogens is 1. The number of esters is 1. The lowest BCUT2D eigenvalue weighted by molar-refractivity contribution is 0.0607. The van der Waals surface area contributed by atoms with Crippen molar-refractivity contribution in [3.8, 4) is 22.1 Å². The van der Waals surface area contributed by atoms with E-state index >= 15 is 0 Å². The van der Waals surface area contributed by atoms with Gasteiger partial charge >= 0.3 is 5.97 Å². The molecular weight excluding hydrogens is 440 g/mol. The van der Waals surface area contributed by atoms with Crippen LogP contribution in [0, 0.1) is 0 Å². The van der Waals surface area contributed by atoms with E-state index in [0.717, 1.165) is 26.8 Å². The zero-order chi connectivity index (χ0) is 22.1. The number of benzene rings is 2. The summed E-state index contributed by atoms with van der Waals surface area (Å²) in [6, 6.07) is 15.1. The van der Waals surface area contributed by atoms with Crippen LogP contribution >= 0.6 is 35.3 Å². The predicted molar refractivity (Wildman–Crippen MR) is 128 cm³/mol. The number of nitrogen functional groups attached to an aromatic ring is 1. The first-order valence-electron chi connectivity index (χ1n) is 8.64. The second-order valence-corrected chi connectivity index (χ2v) is 8.16. The minimum atomic E-state index is -0.468. The van der Waals surface area contributed by atoms with Gasteiger partial charge in [-0.3, -0.25) is 0 Å². The van der Waals surface area contributed by atoms with E-state index in [4.69, 9.17) is 27.4 Å². The van der Waals surface area contributed by atoms with Crippen molar-refractivity contribution in [1.29, 1.82) is 0 Å². The Morgan fingerprint density at radius 1 is 1.00 bits per heavy atom. The lowest BCUT2D eigenvalue weighted by Crippen LogP contribution is -2.01. The van der Waals surface area contributed by atoms with Gasteiger partial charge in [0.15, 0.2) is 4.88 Å². The van der Waals surface area contributed by atoms with Crippen LogP contribution in [-0.4, -0.2) is 42.7 Å². The smallest absolute Gasteiger partial charge is 0.351 e. The summed E-state index contributed by atoms with van der Waals surface area (Å²) >= 11 is 7.91. The molecule has 0 bridgehead atoms. The lowest BCUT2D eigenvalue weighted by atomic mass is 10.2. The highest BCUT2D eigenvalue weighted by Crippen LogP contribution is 2.30. The van der Waals surface area contributed by atoms with Crippen molar-refractivity contribution in [3.05, 3.63) is 59.0 Å². The zero-order valence-electron chi connectivity index (χ0n) is 17.0. The highest BCUT2D eigenvalue weighted by molar-refractivity contribution is 8.23. The molecule has 0 atom stereocenters. The number of thiazole rings is 1. The summed E-state index contributed by atoms with van der Waals surface area (Å²) in [5, 5.41) is 0.676. The second kappa shape index (κ2) is 11.5. The Morgan fingerprint density at radius 3 is 2.00 bits per heavy atom. The number of thiocarbonyl (C=S) groups is 1. The molecule has 6 nitrogen and oxygen atoms in total. The predicted octanol–water partition coefficient (Wildman–Crippen LogP) is 4.92. The zero-order valence-corrected chi connectivity index (χ0v) is 19.5. The number of hydrogen-bond donors (Lipinski definition) is 1. The first kappa shape index (κ1) is 23.7. The molecule has 0 aliphatic heterocycles. The molecule has 30 heavy (non-hydrogen) atoms. The van der Waals surface area contributed by atoms with Crippen molar-refractivity contribution in [3.63, 3.8) is 0 Å². The van der Waals surface area contributed by atoms with Crippen LogP contribution in [0.5, 0.6) is 11.5 Å². The first-order valence-corrected chi connectivity index (χ1v) is 11.1. The van der Waals surface area contributed by atoms with Gasteiger partial charge in [-0.25, -0.2) is 9.78 Å². The van der Waals surface area contributed by atoms with Gasteiger partial charge in [-0.1, -0.05) is 12.2 Å². The third-order valence-corrected chi connectivity index (χ3v) is 6.31. The maximum Gasteiger partial charge on any atom is 0.351 e. The number of thioether (sulfide) groups is 1. The molecule has 0 aliphatic carbocycles. The van der Waals surface area contributed by atoms with Gasteiger partial charge in [-0.15, -0.1) is 23.1 Å². The first-order chi connectivity index (χ1) is 14.4. The van der Waals surface area contributed by atoms with Crippen LogP contribution in [0.4, 0.5) is 5.82 Å². The van der Waals surface area contributed by atoms with Crippen LogP contribution in [0.25, 0.3) is 10.6 Å². The van der Waals surface area contributed by atoms with Crippen molar-refractivity contribution in [1.82, 2.24) is 4.98 Å². The van der Waals surface area contributed by atoms with E-state index in [0.29, 0.717) is 9.88 Å². The Labute approximate surface area is 189 Å². The number of carbonyl (C=O) groups is 1. The number of nitrogens with two attached hydrogens (primary N) is 1. The van der Waals surface area contributed by atoms with Crippen LogP contribution in [0.2, 0.25) is 0 Å². The summed E-state index contributed by atoms with van der Waals surface area (Å²) < 4.78 is 15.7. The summed E-state index contributed by atoms with van der Waals surface area (Å²) in [6.07, 6.45) is 1.98. The molecule has 0 unspecified atom stereocenters. The van der Waals surface area contributed by atoms with E-state index < -0.39 is 5.97 Å². The third kappa shape index (κ3) is 6.19. The van der Waals surface area contributed by atoms with Crippen LogP contribution in [0.3, 0.4) is 0 Å². The van der Waals surface area contributed by atoms with Crippen molar-refractivity contribution >= 4 is 51.3 Å². The Kier molecular flexibility index (Phi) is 9.10. The fourth-order valence-corrected chi connectivity index (χ4v) is 3.69. The van der Waals surface area contributed by atoms with Crippen molar-refractivity contribution < 1.29 is 19.0 Å². The normalized spacial score (nSPS) is 9.87. The maximum absolute atomic E-state index is 11.4. The van der Waals surface area contributed by atoms with Gasteiger partial charge < -0.3 is 19.9 Å². The van der Waals surface area contributed by atoms with Gasteiger partial charge in [0.2, 0.25) is 0 Å².